The first kappa shape index (κ1) is 20.1. The van der Waals surface area contributed by atoms with Gasteiger partial charge in [-0.25, -0.2) is 0 Å². The number of nitrogens with zero attached hydrogens (tertiary/aromatic N) is 1. The Morgan fingerprint density at radius 1 is 1.12 bits per heavy atom. The van der Waals surface area contributed by atoms with E-state index in [9.17, 15) is 9.59 Å². The predicted octanol–water partition coefficient (Wildman–Crippen LogP) is 2.89. The summed E-state index contributed by atoms with van der Waals surface area (Å²) < 4.78 is 10.6. The molecule has 1 aliphatic carbocycles. The fraction of sp³-hybridized carbons (Fsp3) is 0.600. The van der Waals surface area contributed by atoms with Crippen LogP contribution >= 0.6 is 0 Å². The lowest BCUT2D eigenvalue weighted by molar-refractivity contribution is -0.143. The second-order valence-electron chi connectivity index (χ2n) is 6.83. The zero-order valence-electron chi connectivity index (χ0n) is 16.3. The van der Waals surface area contributed by atoms with Gasteiger partial charge in [0.1, 0.15) is 5.54 Å². The van der Waals surface area contributed by atoms with E-state index in [0.29, 0.717) is 37.4 Å². The summed E-state index contributed by atoms with van der Waals surface area (Å²) in [4.78, 5) is 26.9. The Kier molecular flexibility index (Phi) is 6.89. The SMILES string of the molecule is CCN(Cc1ccc(OC)c(OC)c1)C(=O)C1(NC(C)=O)CCCCC1. The molecule has 2 rings (SSSR count). The van der Waals surface area contributed by atoms with Crippen LogP contribution < -0.4 is 14.8 Å². The second kappa shape index (κ2) is 8.92. The van der Waals surface area contributed by atoms with Gasteiger partial charge in [-0.1, -0.05) is 25.3 Å². The summed E-state index contributed by atoms with van der Waals surface area (Å²) in [5.41, 5.74) is 0.197. The Bertz CT molecular complexity index is 639. The van der Waals surface area contributed by atoms with Crippen LogP contribution in [0.5, 0.6) is 11.5 Å². The number of benzene rings is 1. The lowest BCUT2D eigenvalue weighted by Gasteiger charge is -2.40. The molecule has 1 N–H and O–H groups in total. The topological polar surface area (TPSA) is 67.9 Å². The molecule has 6 nitrogen and oxygen atoms in total. The molecule has 26 heavy (non-hydrogen) atoms. The van der Waals surface area contributed by atoms with Gasteiger partial charge >= 0.3 is 0 Å². The van der Waals surface area contributed by atoms with Crippen LogP contribution in [0.4, 0.5) is 0 Å². The van der Waals surface area contributed by atoms with Crippen LogP contribution in [0.15, 0.2) is 18.2 Å². The number of hydrogen-bond acceptors (Lipinski definition) is 4. The number of methoxy groups -OCH3 is 2. The summed E-state index contributed by atoms with van der Waals surface area (Å²) in [6.45, 7) is 4.49. The monoisotopic (exact) mass is 362 g/mol. The van der Waals surface area contributed by atoms with E-state index in [1.165, 1.54) is 6.92 Å². The largest absolute Gasteiger partial charge is 0.493 e. The van der Waals surface area contributed by atoms with Crippen LogP contribution in [0.1, 0.15) is 51.5 Å². The van der Waals surface area contributed by atoms with E-state index in [4.69, 9.17) is 9.47 Å². The van der Waals surface area contributed by atoms with Crippen molar-refractivity contribution in [3.05, 3.63) is 23.8 Å². The molecule has 0 heterocycles. The molecule has 0 radical (unpaired) electrons. The molecule has 0 bridgehead atoms. The highest BCUT2D eigenvalue weighted by molar-refractivity contribution is 5.91. The molecule has 0 aromatic heterocycles. The first-order valence-corrected chi connectivity index (χ1v) is 9.24. The van der Waals surface area contributed by atoms with Crippen molar-refractivity contribution in [1.29, 1.82) is 0 Å². The first-order valence-electron chi connectivity index (χ1n) is 9.24. The number of carbonyl (C=O) groups is 2. The highest BCUT2D eigenvalue weighted by atomic mass is 16.5. The minimum absolute atomic E-state index is 0.00434. The molecule has 0 unspecified atom stereocenters. The van der Waals surface area contributed by atoms with Crippen LogP contribution in [-0.2, 0) is 16.1 Å². The molecule has 2 amide bonds. The average molecular weight is 362 g/mol. The van der Waals surface area contributed by atoms with Crippen molar-refractivity contribution in [3.8, 4) is 11.5 Å². The van der Waals surface area contributed by atoms with Crippen LogP contribution in [0.25, 0.3) is 0 Å². The third-order valence-electron chi connectivity index (χ3n) is 5.02. The summed E-state index contributed by atoms with van der Waals surface area (Å²) in [6, 6.07) is 5.67. The molecule has 0 aliphatic heterocycles. The molecule has 1 aliphatic rings. The first-order chi connectivity index (χ1) is 12.5. The molecule has 0 spiro atoms. The van der Waals surface area contributed by atoms with Crippen LogP contribution in [0, 0.1) is 0 Å². The van der Waals surface area contributed by atoms with Crippen LogP contribution in [0.2, 0.25) is 0 Å². The maximum Gasteiger partial charge on any atom is 0.248 e. The number of rotatable bonds is 7. The summed E-state index contributed by atoms with van der Waals surface area (Å²) in [5.74, 6) is 1.16. The summed E-state index contributed by atoms with van der Waals surface area (Å²) >= 11 is 0. The molecule has 1 aromatic carbocycles. The fourth-order valence-electron chi connectivity index (χ4n) is 3.71. The van der Waals surface area contributed by atoms with E-state index in [2.05, 4.69) is 5.32 Å². The third kappa shape index (κ3) is 4.48. The van der Waals surface area contributed by atoms with Crippen molar-refractivity contribution in [2.75, 3.05) is 20.8 Å². The Morgan fingerprint density at radius 3 is 2.31 bits per heavy atom. The second-order valence-corrected chi connectivity index (χ2v) is 6.83. The highest BCUT2D eigenvalue weighted by Gasteiger charge is 2.42. The zero-order chi connectivity index (χ0) is 19.2. The van der Waals surface area contributed by atoms with Crippen molar-refractivity contribution in [3.63, 3.8) is 0 Å². The molecule has 1 aromatic rings. The van der Waals surface area contributed by atoms with Crippen molar-refractivity contribution in [1.82, 2.24) is 10.2 Å². The number of likely N-dealkylation sites (N-methyl/N-ethyl adjacent to an activating group) is 1. The number of carbonyl (C=O) groups excluding carboxylic acids is 2. The number of hydrogen-bond donors (Lipinski definition) is 1. The molecule has 6 heteroatoms. The molecule has 1 saturated carbocycles. The van der Waals surface area contributed by atoms with Gasteiger partial charge in [0.05, 0.1) is 14.2 Å². The zero-order valence-corrected chi connectivity index (χ0v) is 16.3. The summed E-state index contributed by atoms with van der Waals surface area (Å²) in [6.07, 6.45) is 4.43. The molecular formula is C20H30N2O4. The van der Waals surface area contributed by atoms with Gasteiger partial charge in [0.25, 0.3) is 0 Å². The van der Waals surface area contributed by atoms with Gasteiger partial charge in [-0.15, -0.1) is 0 Å². The number of amides is 2. The predicted molar refractivity (Wildman–Crippen MR) is 100 cm³/mol. The molecule has 1 fully saturated rings. The molecular weight excluding hydrogens is 332 g/mol. The fourth-order valence-corrected chi connectivity index (χ4v) is 3.71. The number of ether oxygens (including phenoxy) is 2. The van der Waals surface area contributed by atoms with Crippen molar-refractivity contribution >= 4 is 11.8 Å². The average Bonchev–Trinajstić information content (AvgIpc) is 2.65. The quantitative estimate of drug-likeness (QED) is 0.810. The molecule has 144 valence electrons. The lowest BCUT2D eigenvalue weighted by Crippen LogP contribution is -2.60. The van der Waals surface area contributed by atoms with Gasteiger partial charge in [0.15, 0.2) is 11.5 Å². The minimum atomic E-state index is -0.767. The number of nitrogens with one attached hydrogen (secondary N) is 1. The van der Waals surface area contributed by atoms with E-state index in [-0.39, 0.29) is 11.8 Å². The summed E-state index contributed by atoms with van der Waals surface area (Å²) in [5, 5.41) is 2.96. The van der Waals surface area contributed by atoms with Gasteiger partial charge in [0, 0.05) is 20.0 Å². The van der Waals surface area contributed by atoms with Crippen molar-refractivity contribution in [2.24, 2.45) is 0 Å². The van der Waals surface area contributed by atoms with Gasteiger partial charge < -0.3 is 19.7 Å². The van der Waals surface area contributed by atoms with E-state index in [0.717, 1.165) is 24.8 Å². The lowest BCUT2D eigenvalue weighted by atomic mass is 9.80. The van der Waals surface area contributed by atoms with Crippen LogP contribution in [0.3, 0.4) is 0 Å². The van der Waals surface area contributed by atoms with E-state index < -0.39 is 5.54 Å². The Hall–Kier alpha value is -2.24. The van der Waals surface area contributed by atoms with Gasteiger partial charge in [-0.05, 0) is 37.5 Å². The van der Waals surface area contributed by atoms with Gasteiger partial charge in [-0.2, -0.15) is 0 Å². The Balaban J connectivity index is 2.23. The van der Waals surface area contributed by atoms with E-state index in [1.54, 1.807) is 14.2 Å². The third-order valence-corrected chi connectivity index (χ3v) is 5.02. The maximum absolute atomic E-state index is 13.3. The van der Waals surface area contributed by atoms with Crippen molar-refractivity contribution in [2.45, 2.75) is 58.0 Å². The molecule has 0 atom stereocenters. The van der Waals surface area contributed by atoms with Crippen molar-refractivity contribution < 1.29 is 19.1 Å². The van der Waals surface area contributed by atoms with E-state index in [1.807, 2.05) is 30.0 Å². The Morgan fingerprint density at radius 2 is 1.77 bits per heavy atom. The standard InChI is InChI=1S/C20H30N2O4/c1-5-22(14-16-9-10-17(25-3)18(13-16)26-4)19(24)20(21-15(2)23)11-7-6-8-12-20/h9-10,13H,5-8,11-12,14H2,1-4H3,(H,21,23). The Labute approximate surface area is 155 Å². The van der Waals surface area contributed by atoms with Crippen LogP contribution in [-0.4, -0.2) is 43.0 Å². The molecule has 0 saturated heterocycles. The van der Waals surface area contributed by atoms with Gasteiger partial charge in [-0.3, -0.25) is 9.59 Å². The minimum Gasteiger partial charge on any atom is -0.493 e. The maximum atomic E-state index is 13.3. The van der Waals surface area contributed by atoms with E-state index >= 15 is 0 Å². The van der Waals surface area contributed by atoms with Gasteiger partial charge in [0.2, 0.25) is 11.8 Å². The summed E-state index contributed by atoms with van der Waals surface area (Å²) in [7, 11) is 3.19. The highest BCUT2D eigenvalue weighted by Crippen LogP contribution is 2.32. The normalized spacial score (nSPS) is 15.8. The smallest absolute Gasteiger partial charge is 0.248 e.